The van der Waals surface area contributed by atoms with Gasteiger partial charge in [-0.2, -0.15) is 11.8 Å². The van der Waals surface area contributed by atoms with Gasteiger partial charge in [0.1, 0.15) is 0 Å². The zero-order valence-corrected chi connectivity index (χ0v) is 12.0. The van der Waals surface area contributed by atoms with Crippen molar-refractivity contribution in [3.05, 3.63) is 0 Å². The lowest BCUT2D eigenvalue weighted by molar-refractivity contribution is 0.0531. The van der Waals surface area contributed by atoms with Crippen molar-refractivity contribution >= 4 is 11.8 Å². The lowest BCUT2D eigenvalue weighted by Gasteiger charge is -2.28. The predicted octanol–water partition coefficient (Wildman–Crippen LogP) is 4.51. The minimum Gasteiger partial charge on any atom is -0.381 e. The maximum absolute atomic E-state index is 5.84. The van der Waals surface area contributed by atoms with Crippen LogP contribution >= 0.6 is 11.8 Å². The molecule has 0 amide bonds. The van der Waals surface area contributed by atoms with Crippen LogP contribution in [0, 0.1) is 11.8 Å². The van der Waals surface area contributed by atoms with E-state index in [2.05, 4.69) is 11.8 Å². The van der Waals surface area contributed by atoms with Crippen LogP contribution in [-0.4, -0.2) is 24.7 Å². The van der Waals surface area contributed by atoms with Crippen molar-refractivity contribution in [2.24, 2.45) is 11.8 Å². The van der Waals surface area contributed by atoms with Crippen LogP contribution in [0.4, 0.5) is 0 Å². The Balaban J connectivity index is 1.82. The Morgan fingerprint density at radius 3 is 2.47 bits per heavy atom. The van der Waals surface area contributed by atoms with E-state index in [0.29, 0.717) is 0 Å². The van der Waals surface area contributed by atoms with Crippen LogP contribution in [0.3, 0.4) is 0 Å². The first-order chi connectivity index (χ1) is 8.47. The fraction of sp³-hybridized carbons (Fsp3) is 1.00. The first kappa shape index (κ1) is 13.7. The second-order valence-electron chi connectivity index (χ2n) is 5.69. The highest BCUT2D eigenvalue weighted by Gasteiger charge is 2.22. The van der Waals surface area contributed by atoms with Crippen LogP contribution in [0.25, 0.3) is 0 Å². The van der Waals surface area contributed by atoms with Gasteiger partial charge < -0.3 is 4.74 Å². The molecule has 0 aliphatic carbocycles. The SMILES string of the molecule is C1CCOCC(C2CCCCSCCC2)CC1. The number of rotatable bonds is 1. The van der Waals surface area contributed by atoms with Crippen molar-refractivity contribution in [2.45, 2.75) is 57.8 Å². The molecule has 0 radical (unpaired) electrons. The third-order valence-electron chi connectivity index (χ3n) is 4.34. The number of ether oxygens (including phenoxy) is 1. The van der Waals surface area contributed by atoms with Gasteiger partial charge >= 0.3 is 0 Å². The maximum atomic E-state index is 5.84. The van der Waals surface area contributed by atoms with E-state index in [1.807, 2.05) is 0 Å². The van der Waals surface area contributed by atoms with E-state index in [1.54, 1.807) is 0 Å². The average molecular weight is 256 g/mol. The largest absolute Gasteiger partial charge is 0.381 e. The van der Waals surface area contributed by atoms with Crippen molar-refractivity contribution in [3.8, 4) is 0 Å². The fourth-order valence-corrected chi connectivity index (χ4v) is 4.24. The molecule has 2 aliphatic rings. The van der Waals surface area contributed by atoms with Gasteiger partial charge in [0.25, 0.3) is 0 Å². The summed E-state index contributed by atoms with van der Waals surface area (Å²) < 4.78 is 5.84. The Bertz CT molecular complexity index is 177. The molecule has 1 nitrogen and oxygen atoms in total. The first-order valence-electron chi connectivity index (χ1n) is 7.62. The lowest BCUT2D eigenvalue weighted by atomic mass is 9.81. The molecule has 2 heterocycles. The summed E-state index contributed by atoms with van der Waals surface area (Å²) in [5, 5.41) is 0. The Morgan fingerprint density at radius 2 is 1.47 bits per heavy atom. The van der Waals surface area contributed by atoms with Crippen molar-refractivity contribution in [2.75, 3.05) is 24.7 Å². The van der Waals surface area contributed by atoms with Crippen LogP contribution in [0.2, 0.25) is 0 Å². The third-order valence-corrected chi connectivity index (χ3v) is 5.49. The summed E-state index contributed by atoms with van der Waals surface area (Å²) in [5.74, 6) is 4.63. The van der Waals surface area contributed by atoms with Gasteiger partial charge in [0.15, 0.2) is 0 Å². The quantitative estimate of drug-likeness (QED) is 0.683. The highest BCUT2D eigenvalue weighted by atomic mass is 32.2. The topological polar surface area (TPSA) is 9.23 Å². The molecule has 2 heteroatoms. The summed E-state index contributed by atoms with van der Waals surface area (Å²) in [4.78, 5) is 0. The first-order valence-corrected chi connectivity index (χ1v) is 8.78. The summed E-state index contributed by atoms with van der Waals surface area (Å²) >= 11 is 2.17. The van der Waals surface area contributed by atoms with Crippen LogP contribution in [0.1, 0.15) is 57.8 Å². The Kier molecular flexibility index (Phi) is 6.80. The van der Waals surface area contributed by atoms with Gasteiger partial charge in [-0.3, -0.25) is 0 Å². The summed E-state index contributed by atoms with van der Waals surface area (Å²) in [5.41, 5.74) is 0. The summed E-state index contributed by atoms with van der Waals surface area (Å²) in [6.07, 6.45) is 12.8. The van der Waals surface area contributed by atoms with Crippen molar-refractivity contribution in [3.63, 3.8) is 0 Å². The summed E-state index contributed by atoms with van der Waals surface area (Å²) in [7, 11) is 0. The van der Waals surface area contributed by atoms with Gasteiger partial charge in [0.2, 0.25) is 0 Å². The molecule has 2 aliphatic heterocycles. The molecule has 2 unspecified atom stereocenters. The van der Waals surface area contributed by atoms with Crippen LogP contribution in [0.15, 0.2) is 0 Å². The molecule has 2 saturated heterocycles. The molecule has 0 N–H and O–H groups in total. The second-order valence-corrected chi connectivity index (χ2v) is 6.92. The van der Waals surface area contributed by atoms with Gasteiger partial charge in [-0.1, -0.05) is 25.7 Å². The van der Waals surface area contributed by atoms with Crippen molar-refractivity contribution in [1.29, 1.82) is 0 Å². The van der Waals surface area contributed by atoms with Crippen LogP contribution in [-0.2, 0) is 4.74 Å². The minimum absolute atomic E-state index is 0.874. The maximum Gasteiger partial charge on any atom is 0.0496 e. The van der Waals surface area contributed by atoms with E-state index >= 15 is 0 Å². The van der Waals surface area contributed by atoms with Crippen molar-refractivity contribution in [1.82, 2.24) is 0 Å². The zero-order chi connectivity index (χ0) is 11.8. The van der Waals surface area contributed by atoms with E-state index in [1.165, 1.54) is 69.3 Å². The van der Waals surface area contributed by atoms with Gasteiger partial charge in [-0.25, -0.2) is 0 Å². The molecule has 0 aromatic rings. The van der Waals surface area contributed by atoms with E-state index in [4.69, 9.17) is 4.74 Å². The van der Waals surface area contributed by atoms with E-state index in [0.717, 1.165) is 25.0 Å². The Morgan fingerprint density at radius 1 is 0.706 bits per heavy atom. The smallest absolute Gasteiger partial charge is 0.0496 e. The van der Waals surface area contributed by atoms with E-state index in [9.17, 15) is 0 Å². The third kappa shape index (κ3) is 5.21. The predicted molar refractivity (Wildman–Crippen MR) is 76.7 cm³/mol. The van der Waals surface area contributed by atoms with Gasteiger partial charge in [-0.15, -0.1) is 0 Å². The van der Waals surface area contributed by atoms with Crippen LogP contribution < -0.4 is 0 Å². The minimum atomic E-state index is 0.874. The standard InChI is InChI=1S/C15H28OS/c1-2-8-15(13-16-10-4-1)14-7-3-5-11-17-12-6-9-14/h14-15H,1-13H2. The fourth-order valence-electron chi connectivity index (χ4n) is 3.25. The van der Waals surface area contributed by atoms with Gasteiger partial charge in [0, 0.05) is 13.2 Å². The molecule has 0 spiro atoms. The molecule has 0 saturated carbocycles. The van der Waals surface area contributed by atoms with Crippen molar-refractivity contribution < 1.29 is 4.74 Å². The normalized spacial score (nSPS) is 33.9. The average Bonchev–Trinajstić information content (AvgIpc) is 2.42. The summed E-state index contributed by atoms with van der Waals surface area (Å²) in [6.45, 7) is 2.07. The highest BCUT2D eigenvalue weighted by Crippen LogP contribution is 2.31. The molecular weight excluding hydrogens is 228 g/mol. The molecule has 2 rings (SSSR count). The molecule has 0 aromatic heterocycles. The number of hydrogen-bond donors (Lipinski definition) is 0. The molecule has 100 valence electrons. The van der Waals surface area contributed by atoms with E-state index < -0.39 is 0 Å². The molecule has 0 aromatic carbocycles. The second kappa shape index (κ2) is 8.42. The van der Waals surface area contributed by atoms with Crippen LogP contribution in [0.5, 0.6) is 0 Å². The summed E-state index contributed by atoms with van der Waals surface area (Å²) in [6, 6.07) is 0. The number of hydrogen-bond acceptors (Lipinski definition) is 2. The molecule has 2 atom stereocenters. The molecule has 17 heavy (non-hydrogen) atoms. The molecule has 0 bridgehead atoms. The molecule has 2 fully saturated rings. The van der Waals surface area contributed by atoms with E-state index in [-0.39, 0.29) is 0 Å². The highest BCUT2D eigenvalue weighted by molar-refractivity contribution is 7.99. The Hall–Kier alpha value is 0.310. The van der Waals surface area contributed by atoms with Gasteiger partial charge in [-0.05, 0) is 55.4 Å². The molecular formula is C15H28OS. The zero-order valence-electron chi connectivity index (χ0n) is 11.2. The Labute approximate surface area is 111 Å². The number of thioether (sulfide) groups is 1. The monoisotopic (exact) mass is 256 g/mol. The lowest BCUT2D eigenvalue weighted by Crippen LogP contribution is -2.22. The van der Waals surface area contributed by atoms with Gasteiger partial charge in [0.05, 0.1) is 0 Å².